The van der Waals surface area contributed by atoms with Crippen LogP contribution >= 0.6 is 0 Å². The average molecular weight is 1800 g/mol. The van der Waals surface area contributed by atoms with Crippen LogP contribution in [-0.2, 0) is 51.0 Å². The molecule has 3 aliphatic rings. The first-order valence-corrected chi connectivity index (χ1v) is 44.9. The van der Waals surface area contributed by atoms with E-state index in [1.807, 2.05) is 222 Å². The summed E-state index contributed by atoms with van der Waals surface area (Å²) in [5.41, 5.74) is 4.11. The monoisotopic (exact) mass is 1800 g/mol. The van der Waals surface area contributed by atoms with Gasteiger partial charge in [0, 0.05) is 117 Å². The second-order valence-corrected chi connectivity index (χ2v) is 33.0. The molecule has 8 N–H and O–H groups in total. The second-order valence-electron chi connectivity index (χ2n) is 33.0. The van der Waals surface area contributed by atoms with Gasteiger partial charge in [0.1, 0.15) is 57.5 Å². The number of amides is 8. The van der Waals surface area contributed by atoms with Gasteiger partial charge in [0.2, 0.25) is 0 Å². The Kier molecular flexibility index (Phi) is 35.5. The summed E-state index contributed by atoms with van der Waals surface area (Å²) in [5, 5.41) is 24.8. The number of alkyl carbamates (subject to hydrolysis) is 1. The molecular weight excluding hydrogens is 1690 g/mol. The van der Waals surface area contributed by atoms with Crippen LogP contribution in [0.4, 0.5) is 4.79 Å². The maximum absolute atomic E-state index is 15.5. The Labute approximate surface area is 774 Å². The van der Waals surface area contributed by atoms with Crippen LogP contribution in [-0.4, -0.2) is 183 Å². The van der Waals surface area contributed by atoms with Gasteiger partial charge in [-0.2, -0.15) is 0 Å². The van der Waals surface area contributed by atoms with Gasteiger partial charge in [0.05, 0.1) is 33.4 Å². The van der Waals surface area contributed by atoms with E-state index in [1.54, 1.807) is 20.8 Å². The summed E-state index contributed by atoms with van der Waals surface area (Å²) >= 11 is 0. The molecule has 3 aliphatic heterocycles. The highest BCUT2D eigenvalue weighted by Gasteiger charge is 2.32. The van der Waals surface area contributed by atoms with E-state index >= 15 is 33.6 Å². The van der Waals surface area contributed by atoms with Crippen molar-refractivity contribution in [2.24, 2.45) is 0 Å². The predicted molar refractivity (Wildman–Crippen MR) is 504 cm³/mol. The number of hydrogen-bond acceptors (Lipinski definition) is 20. The molecule has 133 heavy (non-hydrogen) atoms. The van der Waals surface area contributed by atoms with E-state index in [4.69, 9.17) is 38.0 Å². The molecule has 10 aromatic carbocycles. The number of pyridine rings is 1. The number of nitrogens with zero attached hydrogens (tertiary/aromatic N) is 4. The van der Waals surface area contributed by atoms with Crippen molar-refractivity contribution in [1.82, 2.24) is 62.0 Å². The topological polar surface area (TPSA) is 338 Å². The highest BCUT2D eigenvalue weighted by Crippen LogP contribution is 2.41. The fraction of sp³-hybridized carbons (Fsp3) is 0.298. The van der Waals surface area contributed by atoms with E-state index < -0.39 is 64.6 Å². The zero-order valence-electron chi connectivity index (χ0n) is 75.1. The molecule has 1 aromatic heterocycles. The van der Waals surface area contributed by atoms with Gasteiger partial charge in [-0.05, 0) is 121 Å². The lowest BCUT2D eigenvalue weighted by Gasteiger charge is -2.31. The highest BCUT2D eigenvalue weighted by molar-refractivity contribution is 6.05. The van der Waals surface area contributed by atoms with E-state index in [9.17, 15) is 9.59 Å². The summed E-state index contributed by atoms with van der Waals surface area (Å²) in [6.45, 7) is 6.38. The van der Waals surface area contributed by atoms with Crippen LogP contribution in [0.2, 0.25) is 0 Å². The molecule has 8 amide bonds. The van der Waals surface area contributed by atoms with Gasteiger partial charge in [0.15, 0.2) is 34.5 Å². The van der Waals surface area contributed by atoms with Crippen LogP contribution in [0.3, 0.4) is 0 Å². The number of unbranched alkanes of at least 4 members (excludes halogenated alkanes) is 1. The number of ether oxygens (including phenoxy) is 7. The lowest BCUT2D eigenvalue weighted by molar-refractivity contribution is 0.0525. The molecule has 14 rings (SSSR count). The van der Waals surface area contributed by atoms with Crippen molar-refractivity contribution < 1.29 is 76.4 Å². The van der Waals surface area contributed by atoms with E-state index in [1.165, 1.54) is 54.6 Å². The molecule has 0 aliphatic carbocycles. The minimum Gasteiger partial charge on any atom is -0.484 e. The van der Waals surface area contributed by atoms with E-state index in [0.29, 0.717) is 19.3 Å². The summed E-state index contributed by atoms with van der Waals surface area (Å²) in [4.78, 5) is 146. The fourth-order valence-electron chi connectivity index (χ4n) is 15.1. The predicted octanol–water partition coefficient (Wildman–Crippen LogP) is 12.2. The van der Waals surface area contributed by atoms with Crippen molar-refractivity contribution in [3.8, 4) is 34.5 Å². The Balaban J connectivity index is 0.932. The number of hydrogen-bond donors (Lipinski definition) is 8. The van der Waals surface area contributed by atoms with Gasteiger partial charge in [-0.3, -0.25) is 53.1 Å². The smallest absolute Gasteiger partial charge is 0.407 e. The minimum atomic E-state index is -0.763. The van der Waals surface area contributed by atoms with Crippen LogP contribution in [0.15, 0.2) is 272 Å². The molecule has 0 saturated heterocycles. The number of carbonyl (C=O) groups excluding carboxylic acids is 8. The standard InChI is InChI=1S/C104H114N12O17/c1-104(2,3)133-103(125)111-51-26-25-42-81(112-102(124)88-43-27-44-89(117)116(88)132-73-80-40-23-10-24-41-80)66-115-63-57-110-101(123)87-50-49-84(92(128-69-76-32-15-6-16-33-76)95(87)131-72-79-38-21-9-22-39-79)98(120)107-54-60-113-58-52-105-96(118)82-45-47-85(93(129-70-77-34-17-7-18-35-77)90(82)126-67-74-28-11-4-12-29-74)99(121)108-55-61-114(64-65-115)62-56-109-100(122)86-48-46-83(97(119)106-53-59-113)91(127-68-75-30-13-5-14-31-75)94(86)130-71-78-36-19-8-20-37-78/h4-24,27-41,43-50,81H,25-26,42,51-73H2,1-3H3,(H,105,118)(H,106,119)(H,107,120)(H,108,121)(H,109,122)(H,110,123)(H,111,125)(H,112,124). The summed E-state index contributed by atoms with van der Waals surface area (Å²) < 4.78 is 46.9. The third-order valence-corrected chi connectivity index (χ3v) is 22.0. The number of nitrogens with one attached hydrogen (secondary N) is 8. The number of rotatable bonds is 30. The fourth-order valence-corrected chi connectivity index (χ4v) is 15.1. The zero-order chi connectivity index (χ0) is 92.9. The van der Waals surface area contributed by atoms with Crippen LogP contribution in [0, 0.1) is 0 Å². The van der Waals surface area contributed by atoms with Crippen LogP contribution in [0.5, 0.6) is 34.5 Å². The molecule has 0 saturated carbocycles. The largest absolute Gasteiger partial charge is 0.484 e. The van der Waals surface area contributed by atoms with Gasteiger partial charge < -0.3 is 80.5 Å². The zero-order valence-corrected chi connectivity index (χ0v) is 75.1. The molecular formula is C104H114N12O17. The van der Waals surface area contributed by atoms with E-state index in [0.717, 1.165) is 43.7 Å². The van der Waals surface area contributed by atoms with E-state index in [2.05, 4.69) is 47.4 Å². The first-order valence-electron chi connectivity index (χ1n) is 44.9. The maximum atomic E-state index is 15.5. The summed E-state index contributed by atoms with van der Waals surface area (Å²) in [5.74, 6) is -4.18. The molecule has 1 atom stereocenters. The summed E-state index contributed by atoms with van der Waals surface area (Å²) in [7, 11) is 0. The van der Waals surface area contributed by atoms with Gasteiger partial charge in [-0.1, -0.05) is 218 Å². The second kappa shape index (κ2) is 49.3. The third-order valence-electron chi connectivity index (χ3n) is 22.0. The van der Waals surface area contributed by atoms with Crippen LogP contribution in [0.1, 0.15) is 152 Å². The third kappa shape index (κ3) is 29.1. The van der Waals surface area contributed by atoms with Crippen LogP contribution in [0.25, 0.3) is 0 Å². The van der Waals surface area contributed by atoms with E-state index in [-0.39, 0.29) is 225 Å². The molecule has 1 unspecified atom stereocenters. The molecule has 0 fully saturated rings. The van der Waals surface area contributed by atoms with Gasteiger partial charge in [-0.25, -0.2) is 4.79 Å². The molecule has 29 heteroatoms. The summed E-state index contributed by atoms with van der Waals surface area (Å²) in [6, 6.07) is 77.9. The molecule has 692 valence electrons. The lowest BCUT2D eigenvalue weighted by Crippen LogP contribution is -2.49. The Hall–Kier alpha value is -14.8. The Morgan fingerprint density at radius 3 is 0.917 bits per heavy atom. The van der Waals surface area contributed by atoms with Crippen molar-refractivity contribution in [1.29, 1.82) is 0 Å². The Morgan fingerprint density at radius 2 is 0.617 bits per heavy atom. The first-order chi connectivity index (χ1) is 64.8. The van der Waals surface area contributed by atoms with Crippen molar-refractivity contribution >= 4 is 47.4 Å². The van der Waals surface area contributed by atoms with Crippen LogP contribution < -0.4 is 81.4 Å². The minimum absolute atomic E-state index is 0.000210. The number of aromatic nitrogens is 1. The van der Waals surface area contributed by atoms with Gasteiger partial charge in [0.25, 0.3) is 46.9 Å². The lowest BCUT2D eigenvalue weighted by atomic mass is 10.1. The molecule has 8 bridgehead atoms. The number of fused-ring (bicyclic) bond motifs is 21. The molecule has 0 spiro atoms. The Morgan fingerprint density at radius 1 is 0.331 bits per heavy atom. The maximum Gasteiger partial charge on any atom is 0.407 e. The van der Waals surface area contributed by atoms with Gasteiger partial charge in [-0.15, -0.1) is 4.73 Å². The molecule has 4 heterocycles. The molecule has 0 radical (unpaired) electrons. The number of carbonyl (C=O) groups is 8. The summed E-state index contributed by atoms with van der Waals surface area (Å²) in [6.07, 6.45) is 0.599. The normalized spacial score (nSPS) is 15.5. The number of benzene rings is 10. The SMILES string of the molecule is CC(C)(C)OC(=O)NCCCCC(CN1CCNC(=O)c2ccc(c(OCc3ccccc3)c2OCc2ccccc2)C(=O)NCCN2CCNC(=O)c3ccc(c(OCc4ccccc4)c3OCc3ccccc3)C(=O)NCCN(CCNC(=O)c3ccc(c(OCc4ccccc4)c3OCc3ccccc3)C(=O)NCC2)CC1)NC(=O)c1cccc(=O)n1OCc1ccccc1. The molecule has 29 nitrogen and oxygen atoms in total. The van der Waals surface area contributed by atoms with Gasteiger partial charge >= 0.3 is 6.09 Å². The van der Waals surface area contributed by atoms with Crippen molar-refractivity contribution in [2.45, 2.75) is 97.9 Å². The highest BCUT2D eigenvalue weighted by atomic mass is 16.7. The first kappa shape index (κ1) is 95.8. The average Bonchev–Trinajstić information content (AvgIpc) is 0.804. The van der Waals surface area contributed by atoms with Crippen molar-refractivity contribution in [3.05, 3.63) is 355 Å². The van der Waals surface area contributed by atoms with Crippen molar-refractivity contribution in [2.75, 3.05) is 105 Å². The quantitative estimate of drug-likeness (QED) is 0.0194. The molecule has 11 aromatic rings. The van der Waals surface area contributed by atoms with Crippen molar-refractivity contribution in [3.63, 3.8) is 0 Å². The Bertz CT molecular complexity index is 5560.